The highest BCUT2D eigenvalue weighted by atomic mass is 16.4. The Labute approximate surface area is 221 Å². The Morgan fingerprint density at radius 1 is 1.00 bits per heavy atom. The van der Waals surface area contributed by atoms with Crippen LogP contribution in [0.1, 0.15) is 61.5 Å². The van der Waals surface area contributed by atoms with Gasteiger partial charge in [-0.1, -0.05) is 50.2 Å². The largest absolute Gasteiger partial charge is 0.481 e. The molecule has 0 aromatic heterocycles. The molecular formula is C29H33N3O6. The second kappa shape index (κ2) is 11.2. The molecule has 0 radical (unpaired) electrons. The number of carbonyl (C=O) groups is 5. The van der Waals surface area contributed by atoms with Gasteiger partial charge in [-0.15, -0.1) is 0 Å². The summed E-state index contributed by atoms with van der Waals surface area (Å²) in [7, 11) is 0. The maximum Gasteiger partial charge on any atom is 0.305 e. The number of Topliss-reactive ketones (excluding diaryl/α,β-unsaturated/α-hetero) is 1. The van der Waals surface area contributed by atoms with E-state index in [1.807, 2.05) is 50.2 Å². The van der Waals surface area contributed by atoms with E-state index in [-0.39, 0.29) is 17.7 Å². The molecule has 3 N–H and O–H groups in total. The van der Waals surface area contributed by atoms with Gasteiger partial charge in [-0.3, -0.25) is 24.0 Å². The third-order valence-corrected chi connectivity index (χ3v) is 7.31. The number of carboxylic acids is 1. The average Bonchev–Trinajstić information content (AvgIpc) is 3.50. The van der Waals surface area contributed by atoms with Crippen LogP contribution < -0.4 is 10.6 Å². The van der Waals surface area contributed by atoms with Gasteiger partial charge < -0.3 is 20.6 Å². The van der Waals surface area contributed by atoms with E-state index in [0.29, 0.717) is 24.9 Å². The minimum absolute atomic E-state index is 0.253. The fourth-order valence-electron chi connectivity index (χ4n) is 5.33. The van der Waals surface area contributed by atoms with Crippen LogP contribution in [0.3, 0.4) is 0 Å². The second-order valence-corrected chi connectivity index (χ2v) is 10.3. The molecule has 1 aliphatic heterocycles. The van der Waals surface area contributed by atoms with Crippen LogP contribution in [-0.2, 0) is 25.6 Å². The van der Waals surface area contributed by atoms with Crippen molar-refractivity contribution in [3.8, 4) is 11.1 Å². The summed E-state index contributed by atoms with van der Waals surface area (Å²) in [5.41, 5.74) is 4.60. The zero-order valence-corrected chi connectivity index (χ0v) is 21.8. The van der Waals surface area contributed by atoms with Gasteiger partial charge >= 0.3 is 5.97 Å². The molecule has 3 amide bonds. The number of ketones is 1. The molecule has 1 heterocycles. The van der Waals surface area contributed by atoms with Crippen LogP contribution in [0, 0.1) is 5.92 Å². The van der Waals surface area contributed by atoms with Gasteiger partial charge in [-0.05, 0) is 60.4 Å². The first-order valence-corrected chi connectivity index (χ1v) is 12.9. The SMILES string of the molecule is CC(=O)C(CC(=O)O)NC(=O)[C@@H]1CCCN1C(=O)C(NC(=O)c1cccc2c1-c1ccccc1C2)C(C)C. The quantitative estimate of drug-likeness (QED) is 0.398. The Bertz CT molecular complexity index is 1290. The molecule has 1 fully saturated rings. The summed E-state index contributed by atoms with van der Waals surface area (Å²) in [6.07, 6.45) is 1.18. The Kier molecular flexibility index (Phi) is 7.94. The molecule has 9 nitrogen and oxygen atoms in total. The van der Waals surface area contributed by atoms with E-state index in [2.05, 4.69) is 10.6 Å². The van der Waals surface area contributed by atoms with Crippen LogP contribution >= 0.6 is 0 Å². The smallest absolute Gasteiger partial charge is 0.305 e. The Hall–Kier alpha value is -4.01. The number of carboxylic acid groups (broad SMARTS) is 1. The molecule has 1 saturated heterocycles. The number of hydrogen-bond donors (Lipinski definition) is 3. The Balaban J connectivity index is 1.52. The minimum Gasteiger partial charge on any atom is -0.481 e. The lowest BCUT2D eigenvalue weighted by Crippen LogP contribution is -2.56. The summed E-state index contributed by atoms with van der Waals surface area (Å²) in [4.78, 5) is 64.6. The van der Waals surface area contributed by atoms with E-state index in [1.54, 1.807) is 6.07 Å². The van der Waals surface area contributed by atoms with Crippen molar-refractivity contribution in [3.05, 3.63) is 59.2 Å². The maximum absolute atomic E-state index is 13.7. The number of rotatable bonds is 9. The van der Waals surface area contributed by atoms with E-state index < -0.39 is 42.2 Å². The van der Waals surface area contributed by atoms with Crippen molar-refractivity contribution < 1.29 is 29.1 Å². The highest BCUT2D eigenvalue weighted by molar-refractivity contribution is 6.05. The first-order chi connectivity index (χ1) is 18.1. The van der Waals surface area contributed by atoms with Crippen molar-refractivity contribution in [2.75, 3.05) is 6.54 Å². The molecule has 3 atom stereocenters. The number of amides is 3. The third-order valence-electron chi connectivity index (χ3n) is 7.31. The molecule has 4 rings (SSSR count). The Morgan fingerprint density at radius 2 is 1.71 bits per heavy atom. The number of nitrogens with one attached hydrogen (secondary N) is 2. The van der Waals surface area contributed by atoms with E-state index in [0.717, 1.165) is 28.7 Å². The topological polar surface area (TPSA) is 133 Å². The normalized spacial score (nSPS) is 17.4. The summed E-state index contributed by atoms with van der Waals surface area (Å²) in [6.45, 7) is 5.21. The minimum atomic E-state index is -1.21. The zero-order chi connectivity index (χ0) is 27.6. The van der Waals surface area contributed by atoms with Crippen molar-refractivity contribution in [1.82, 2.24) is 15.5 Å². The number of aliphatic carboxylic acids is 1. The predicted octanol–water partition coefficient (Wildman–Crippen LogP) is 2.55. The Morgan fingerprint density at radius 3 is 2.39 bits per heavy atom. The summed E-state index contributed by atoms with van der Waals surface area (Å²) in [5.74, 6) is -3.23. The molecule has 38 heavy (non-hydrogen) atoms. The van der Waals surface area contributed by atoms with Crippen molar-refractivity contribution in [2.45, 2.75) is 64.6 Å². The molecule has 0 saturated carbocycles. The van der Waals surface area contributed by atoms with E-state index >= 15 is 0 Å². The van der Waals surface area contributed by atoms with E-state index in [9.17, 15) is 24.0 Å². The monoisotopic (exact) mass is 519 g/mol. The summed E-state index contributed by atoms with van der Waals surface area (Å²) in [5, 5.41) is 14.5. The highest BCUT2D eigenvalue weighted by Gasteiger charge is 2.40. The van der Waals surface area contributed by atoms with Crippen LogP contribution in [0.2, 0.25) is 0 Å². The van der Waals surface area contributed by atoms with Crippen molar-refractivity contribution in [2.24, 2.45) is 5.92 Å². The molecule has 0 spiro atoms. The number of fused-ring (bicyclic) bond motifs is 3. The number of benzene rings is 2. The average molecular weight is 520 g/mol. The first-order valence-electron chi connectivity index (χ1n) is 12.9. The van der Waals surface area contributed by atoms with Gasteiger partial charge in [0.2, 0.25) is 11.8 Å². The summed E-state index contributed by atoms with van der Waals surface area (Å²) in [6, 6.07) is 10.7. The fraction of sp³-hybridized carbons (Fsp3) is 0.414. The lowest BCUT2D eigenvalue weighted by molar-refractivity contribution is -0.143. The molecular weight excluding hydrogens is 486 g/mol. The van der Waals surface area contributed by atoms with Gasteiger partial charge in [0.05, 0.1) is 12.5 Å². The second-order valence-electron chi connectivity index (χ2n) is 10.3. The van der Waals surface area contributed by atoms with Crippen molar-refractivity contribution >= 4 is 29.5 Å². The molecule has 2 unspecified atom stereocenters. The number of carbonyl (C=O) groups excluding carboxylic acids is 4. The highest BCUT2D eigenvalue weighted by Crippen LogP contribution is 2.38. The van der Waals surface area contributed by atoms with Gasteiger partial charge in [0.15, 0.2) is 5.78 Å². The summed E-state index contributed by atoms with van der Waals surface area (Å²) < 4.78 is 0. The molecule has 2 aromatic rings. The van der Waals surface area contributed by atoms with Crippen molar-refractivity contribution in [1.29, 1.82) is 0 Å². The van der Waals surface area contributed by atoms with Gasteiger partial charge in [-0.25, -0.2) is 0 Å². The van der Waals surface area contributed by atoms with E-state index in [4.69, 9.17) is 5.11 Å². The van der Waals surface area contributed by atoms with Gasteiger partial charge in [0, 0.05) is 12.1 Å². The van der Waals surface area contributed by atoms with Crippen molar-refractivity contribution in [3.63, 3.8) is 0 Å². The first kappa shape index (κ1) is 27.0. The van der Waals surface area contributed by atoms with Crippen LogP contribution in [0.15, 0.2) is 42.5 Å². The standard InChI is InChI=1S/C29H33N3O6/c1-16(2)26(29(38)32-13-7-12-23(32)28(37)30-22(17(3)33)15-24(34)35)31-27(36)21-11-6-9-19-14-18-8-4-5-10-20(18)25(19)21/h4-6,8-11,16,22-23,26H,7,12-15H2,1-3H3,(H,30,37)(H,31,36)(H,34,35)/t22?,23-,26?/m0/s1. The van der Waals surface area contributed by atoms with Gasteiger partial charge in [-0.2, -0.15) is 0 Å². The number of hydrogen-bond acceptors (Lipinski definition) is 5. The lowest BCUT2D eigenvalue weighted by atomic mass is 9.97. The van der Waals surface area contributed by atoms with Gasteiger partial charge in [0.25, 0.3) is 5.91 Å². The molecule has 2 aromatic carbocycles. The lowest BCUT2D eigenvalue weighted by Gasteiger charge is -2.31. The fourth-order valence-corrected chi connectivity index (χ4v) is 5.33. The van der Waals surface area contributed by atoms with Crippen LogP contribution in [0.4, 0.5) is 0 Å². The summed E-state index contributed by atoms with van der Waals surface area (Å²) >= 11 is 0. The molecule has 200 valence electrons. The molecule has 0 bridgehead atoms. The molecule has 1 aliphatic carbocycles. The van der Waals surface area contributed by atoms with Crippen LogP contribution in [0.5, 0.6) is 0 Å². The maximum atomic E-state index is 13.7. The predicted molar refractivity (Wildman–Crippen MR) is 140 cm³/mol. The zero-order valence-electron chi connectivity index (χ0n) is 21.8. The van der Waals surface area contributed by atoms with E-state index in [1.165, 1.54) is 11.8 Å². The number of nitrogens with zero attached hydrogens (tertiary/aromatic N) is 1. The molecule has 9 heteroatoms. The molecule has 2 aliphatic rings. The third kappa shape index (κ3) is 5.46. The number of likely N-dealkylation sites (tertiary alicyclic amines) is 1. The van der Waals surface area contributed by atoms with Crippen LogP contribution in [-0.4, -0.2) is 64.2 Å². The van der Waals surface area contributed by atoms with Crippen LogP contribution in [0.25, 0.3) is 11.1 Å². The van der Waals surface area contributed by atoms with Gasteiger partial charge in [0.1, 0.15) is 12.1 Å².